The van der Waals surface area contributed by atoms with Crippen LogP contribution in [0.3, 0.4) is 0 Å². The molecule has 2 aromatic carbocycles. The third-order valence-electron chi connectivity index (χ3n) is 5.40. The monoisotopic (exact) mass is 396 g/mol. The molecule has 1 aliphatic carbocycles. The Kier molecular flexibility index (Phi) is 6.26. The highest BCUT2D eigenvalue weighted by molar-refractivity contribution is 5.93. The fraction of sp³-hybridized carbons (Fsp3) is 0.417. The molecule has 0 radical (unpaired) electrons. The van der Waals surface area contributed by atoms with Crippen molar-refractivity contribution < 1.29 is 24.1 Å². The van der Waals surface area contributed by atoms with Gasteiger partial charge in [0, 0.05) is 18.1 Å². The van der Waals surface area contributed by atoms with Crippen molar-refractivity contribution in [2.45, 2.75) is 59.3 Å². The summed E-state index contributed by atoms with van der Waals surface area (Å²) in [5.74, 6) is 0.786. The van der Waals surface area contributed by atoms with Gasteiger partial charge in [0.25, 0.3) is 0 Å². The summed E-state index contributed by atoms with van der Waals surface area (Å²) >= 11 is 0. The maximum Gasteiger partial charge on any atom is 0.389 e. The molecule has 1 fully saturated rings. The van der Waals surface area contributed by atoms with E-state index in [1.165, 1.54) is 19.8 Å². The third kappa shape index (κ3) is 4.78. The predicted octanol–water partition coefficient (Wildman–Crippen LogP) is 5.71. The van der Waals surface area contributed by atoms with E-state index in [4.69, 9.17) is 14.5 Å². The Labute approximate surface area is 171 Å². The van der Waals surface area contributed by atoms with Crippen LogP contribution in [-0.2, 0) is 9.68 Å². The largest absolute Gasteiger partial charge is 0.426 e. The minimum atomic E-state index is -0.700. The first-order chi connectivity index (χ1) is 13.8. The maximum atomic E-state index is 12.7. The molecule has 2 aromatic rings. The molecule has 1 aliphatic rings. The molecule has 0 saturated heterocycles. The van der Waals surface area contributed by atoms with Gasteiger partial charge in [-0.25, -0.2) is 9.68 Å². The van der Waals surface area contributed by atoms with Crippen molar-refractivity contribution in [3.8, 4) is 11.5 Å². The lowest BCUT2D eigenvalue weighted by molar-refractivity contribution is -0.151. The summed E-state index contributed by atoms with van der Waals surface area (Å²) in [6.45, 7) is 9.40. The number of carbonyl (C=O) groups excluding carboxylic acids is 2. The number of benzene rings is 2. The second-order valence-corrected chi connectivity index (χ2v) is 8.05. The Morgan fingerprint density at radius 1 is 0.966 bits per heavy atom. The van der Waals surface area contributed by atoms with Gasteiger partial charge in [0.05, 0.1) is 0 Å². The standard InChI is InChI=1S/C24H28O5/c1-14(2)19-9-7-10-20(16(4)18-12-13-18)23(19)28-29-24(26)21-11-6-8-15(3)22(21)27-17(5)25/h6-11,14,16,18H,12-13H2,1-5H3/t16-/m1/s1. The highest BCUT2D eigenvalue weighted by Crippen LogP contribution is 2.46. The van der Waals surface area contributed by atoms with Gasteiger partial charge in [0.15, 0.2) is 5.75 Å². The summed E-state index contributed by atoms with van der Waals surface area (Å²) < 4.78 is 5.22. The molecule has 1 atom stereocenters. The molecule has 0 unspecified atom stereocenters. The van der Waals surface area contributed by atoms with E-state index < -0.39 is 11.9 Å². The Morgan fingerprint density at radius 2 is 1.62 bits per heavy atom. The van der Waals surface area contributed by atoms with E-state index in [0.29, 0.717) is 23.1 Å². The summed E-state index contributed by atoms with van der Waals surface area (Å²) in [5, 5.41) is 0. The molecule has 0 heterocycles. The van der Waals surface area contributed by atoms with E-state index in [2.05, 4.69) is 20.8 Å². The fourth-order valence-electron chi connectivity index (χ4n) is 3.55. The lowest BCUT2D eigenvalue weighted by Gasteiger charge is -2.20. The molecule has 0 bridgehead atoms. The van der Waals surface area contributed by atoms with Crippen LogP contribution in [0.5, 0.6) is 11.5 Å². The first-order valence-corrected chi connectivity index (χ1v) is 10.1. The SMILES string of the molecule is CC(=O)Oc1c(C)cccc1C(=O)OOc1c(C(C)C)cccc1[C@H](C)C1CC1. The van der Waals surface area contributed by atoms with Gasteiger partial charge in [0.2, 0.25) is 0 Å². The van der Waals surface area contributed by atoms with Crippen molar-refractivity contribution >= 4 is 11.9 Å². The number of hydrogen-bond donors (Lipinski definition) is 0. The number of aryl methyl sites for hydroxylation is 1. The van der Waals surface area contributed by atoms with E-state index in [1.54, 1.807) is 25.1 Å². The van der Waals surface area contributed by atoms with Crippen LogP contribution >= 0.6 is 0 Å². The zero-order valence-electron chi connectivity index (χ0n) is 17.7. The van der Waals surface area contributed by atoms with Gasteiger partial charge in [-0.15, -0.1) is 0 Å². The molecular weight excluding hydrogens is 368 g/mol. The van der Waals surface area contributed by atoms with Gasteiger partial charge >= 0.3 is 11.9 Å². The summed E-state index contributed by atoms with van der Waals surface area (Å²) in [6.07, 6.45) is 2.42. The number of ether oxygens (including phenoxy) is 1. The Bertz CT molecular complexity index is 911. The second-order valence-electron chi connectivity index (χ2n) is 8.05. The smallest absolute Gasteiger partial charge is 0.389 e. The quantitative estimate of drug-likeness (QED) is 0.260. The summed E-state index contributed by atoms with van der Waals surface area (Å²) in [7, 11) is 0. The van der Waals surface area contributed by atoms with Gasteiger partial charge in [-0.3, -0.25) is 9.68 Å². The van der Waals surface area contributed by atoms with Crippen molar-refractivity contribution in [2.75, 3.05) is 0 Å². The molecule has 0 N–H and O–H groups in total. The van der Waals surface area contributed by atoms with Crippen molar-refractivity contribution in [1.29, 1.82) is 0 Å². The highest BCUT2D eigenvalue weighted by Gasteiger charge is 2.32. The van der Waals surface area contributed by atoms with E-state index in [-0.39, 0.29) is 17.2 Å². The van der Waals surface area contributed by atoms with Crippen LogP contribution in [0, 0.1) is 12.8 Å². The van der Waals surface area contributed by atoms with Crippen LogP contribution in [0.4, 0.5) is 0 Å². The molecule has 5 nitrogen and oxygen atoms in total. The van der Waals surface area contributed by atoms with E-state index >= 15 is 0 Å². The Morgan fingerprint density at radius 3 is 2.24 bits per heavy atom. The predicted molar refractivity (Wildman–Crippen MR) is 110 cm³/mol. The van der Waals surface area contributed by atoms with Crippen molar-refractivity contribution in [3.63, 3.8) is 0 Å². The second kappa shape index (κ2) is 8.68. The molecule has 29 heavy (non-hydrogen) atoms. The molecule has 0 amide bonds. The molecule has 0 spiro atoms. The van der Waals surface area contributed by atoms with Gasteiger partial charge in [-0.05, 0) is 49.1 Å². The molecule has 154 valence electrons. The van der Waals surface area contributed by atoms with Crippen LogP contribution in [-0.4, -0.2) is 11.9 Å². The minimum Gasteiger partial charge on any atom is -0.426 e. The van der Waals surface area contributed by atoms with Crippen molar-refractivity contribution in [2.24, 2.45) is 5.92 Å². The van der Waals surface area contributed by atoms with E-state index in [1.807, 2.05) is 18.2 Å². The fourth-order valence-corrected chi connectivity index (χ4v) is 3.55. The lowest BCUT2D eigenvalue weighted by Crippen LogP contribution is -2.15. The lowest BCUT2D eigenvalue weighted by atomic mass is 9.90. The van der Waals surface area contributed by atoms with E-state index in [0.717, 1.165) is 11.1 Å². The van der Waals surface area contributed by atoms with Crippen LogP contribution in [0.1, 0.15) is 79.4 Å². The van der Waals surface area contributed by atoms with Crippen LogP contribution < -0.4 is 9.62 Å². The van der Waals surface area contributed by atoms with Gasteiger partial charge < -0.3 is 4.74 Å². The summed E-state index contributed by atoms with van der Waals surface area (Å²) in [6, 6.07) is 11.1. The molecule has 1 saturated carbocycles. The van der Waals surface area contributed by atoms with Gasteiger partial charge in [0.1, 0.15) is 11.3 Å². The summed E-state index contributed by atoms with van der Waals surface area (Å²) in [4.78, 5) is 35.1. The minimum absolute atomic E-state index is 0.152. The normalized spacial score (nSPS) is 14.4. The highest BCUT2D eigenvalue weighted by atomic mass is 17.2. The maximum absolute atomic E-state index is 12.7. The number of rotatable bonds is 7. The topological polar surface area (TPSA) is 61.8 Å². The van der Waals surface area contributed by atoms with Crippen LogP contribution in [0.2, 0.25) is 0 Å². The average Bonchev–Trinajstić information content (AvgIpc) is 3.51. The van der Waals surface area contributed by atoms with Crippen LogP contribution in [0.25, 0.3) is 0 Å². The first-order valence-electron chi connectivity index (χ1n) is 10.1. The average molecular weight is 396 g/mol. The number of carbonyl (C=O) groups is 2. The number of hydrogen-bond acceptors (Lipinski definition) is 5. The first kappa shape index (κ1) is 20.9. The molecular formula is C24H28O5. The number of esters is 1. The molecule has 5 heteroatoms. The van der Waals surface area contributed by atoms with Crippen molar-refractivity contribution in [3.05, 3.63) is 58.7 Å². The zero-order chi connectivity index (χ0) is 21.1. The van der Waals surface area contributed by atoms with Gasteiger partial charge in [-0.2, -0.15) is 0 Å². The van der Waals surface area contributed by atoms with Crippen LogP contribution in [0.15, 0.2) is 36.4 Å². The molecule has 0 aliphatic heterocycles. The van der Waals surface area contributed by atoms with Gasteiger partial charge in [-0.1, -0.05) is 51.1 Å². The molecule has 3 rings (SSSR count). The summed E-state index contributed by atoms with van der Waals surface area (Å²) in [5.41, 5.74) is 2.86. The Balaban J connectivity index is 1.87. The number of para-hydroxylation sites is 2. The zero-order valence-corrected chi connectivity index (χ0v) is 17.7. The van der Waals surface area contributed by atoms with Crippen molar-refractivity contribution in [1.82, 2.24) is 0 Å². The molecule has 0 aromatic heterocycles. The Hall–Kier alpha value is -2.82. The third-order valence-corrected chi connectivity index (χ3v) is 5.40. The van der Waals surface area contributed by atoms with E-state index in [9.17, 15) is 9.59 Å².